The van der Waals surface area contributed by atoms with Crippen molar-refractivity contribution < 1.29 is 0 Å². The third kappa shape index (κ3) is 3.71. The van der Waals surface area contributed by atoms with E-state index in [9.17, 15) is 0 Å². The minimum Gasteiger partial charge on any atom is -0.294 e. The second kappa shape index (κ2) is 9.60. The predicted molar refractivity (Wildman–Crippen MR) is 176 cm³/mol. The fourth-order valence-electron chi connectivity index (χ4n) is 6.82. The second-order valence-corrected chi connectivity index (χ2v) is 12.0. The molecule has 0 saturated carbocycles. The molecule has 3 heteroatoms. The van der Waals surface area contributed by atoms with Gasteiger partial charge in [-0.3, -0.25) is 4.57 Å². The molecule has 2 heterocycles. The van der Waals surface area contributed by atoms with Crippen LogP contribution in [0.4, 0.5) is 0 Å². The van der Waals surface area contributed by atoms with Crippen LogP contribution in [0, 0.1) is 3.57 Å². The molecule has 0 radical (unpaired) electrons. The summed E-state index contributed by atoms with van der Waals surface area (Å²) in [7, 11) is 0. The number of hydrogen-bond acceptors (Lipinski definition) is 1. The minimum atomic E-state index is 1.00. The van der Waals surface area contributed by atoms with Crippen molar-refractivity contribution in [2.45, 2.75) is 25.7 Å². The van der Waals surface area contributed by atoms with E-state index in [1.54, 1.807) is 0 Å². The van der Waals surface area contributed by atoms with Crippen molar-refractivity contribution in [1.29, 1.82) is 0 Å². The Hall–Kier alpha value is -3.96. The molecule has 1 aliphatic rings. The normalized spacial score (nSPS) is 13.2. The minimum absolute atomic E-state index is 1.00. The third-order valence-electron chi connectivity index (χ3n) is 8.50. The molecular formula is C37H27IN2. The molecule has 0 atom stereocenters. The van der Waals surface area contributed by atoms with Gasteiger partial charge in [0.25, 0.3) is 0 Å². The van der Waals surface area contributed by atoms with E-state index in [4.69, 9.17) is 4.98 Å². The molecule has 192 valence electrons. The van der Waals surface area contributed by atoms with Crippen molar-refractivity contribution in [1.82, 2.24) is 9.55 Å². The van der Waals surface area contributed by atoms with Gasteiger partial charge >= 0.3 is 0 Å². The van der Waals surface area contributed by atoms with Gasteiger partial charge in [-0.25, -0.2) is 4.98 Å². The van der Waals surface area contributed by atoms with E-state index in [-0.39, 0.29) is 0 Å². The van der Waals surface area contributed by atoms with E-state index >= 15 is 0 Å². The smallest absolute Gasteiger partial charge is 0.145 e. The lowest BCUT2D eigenvalue weighted by molar-refractivity contribution is 0.689. The largest absolute Gasteiger partial charge is 0.294 e. The van der Waals surface area contributed by atoms with Crippen molar-refractivity contribution in [2.24, 2.45) is 0 Å². The molecule has 0 unspecified atom stereocenters. The van der Waals surface area contributed by atoms with Crippen LogP contribution < -0.4 is 0 Å². The predicted octanol–water partition coefficient (Wildman–Crippen LogP) is 10.1. The lowest BCUT2D eigenvalue weighted by atomic mass is 9.78. The summed E-state index contributed by atoms with van der Waals surface area (Å²) in [5, 5.41) is 5.14. The molecule has 0 spiro atoms. The molecule has 0 saturated heterocycles. The number of fused-ring (bicyclic) bond motifs is 5. The molecule has 0 fully saturated rings. The lowest BCUT2D eigenvalue weighted by Crippen LogP contribution is -2.08. The number of rotatable bonds is 3. The summed E-state index contributed by atoms with van der Waals surface area (Å²) < 4.78 is 3.53. The van der Waals surface area contributed by atoms with E-state index in [0.717, 1.165) is 24.2 Å². The fraction of sp³-hybridized carbons (Fsp3) is 0.108. The van der Waals surface area contributed by atoms with Crippen LogP contribution in [0.25, 0.3) is 60.6 Å². The van der Waals surface area contributed by atoms with Gasteiger partial charge < -0.3 is 0 Å². The standard InChI is InChI=1S/C37H27IN2/c38-26-17-19-27(20-18-26)40-34-21-16-25(23-33(34)32-15-8-22-39-37(32)40)36-30-13-6-4-11-28(30)35(24-9-2-1-3-10-24)29-12-5-7-14-31(29)36/h1-4,6,8-11,13,15-23H,5,7,12,14H2. The van der Waals surface area contributed by atoms with Crippen molar-refractivity contribution >= 4 is 55.3 Å². The van der Waals surface area contributed by atoms with Gasteiger partial charge in [0.15, 0.2) is 0 Å². The van der Waals surface area contributed by atoms with Gasteiger partial charge in [0, 0.05) is 26.2 Å². The molecule has 40 heavy (non-hydrogen) atoms. The van der Waals surface area contributed by atoms with Crippen LogP contribution in [-0.2, 0) is 12.8 Å². The average molecular weight is 627 g/mol. The van der Waals surface area contributed by atoms with E-state index < -0.39 is 0 Å². The maximum absolute atomic E-state index is 4.85. The Morgan fingerprint density at radius 3 is 1.95 bits per heavy atom. The summed E-state index contributed by atoms with van der Waals surface area (Å²) in [6.07, 6.45) is 6.65. The molecule has 0 amide bonds. The van der Waals surface area contributed by atoms with Gasteiger partial charge in [0.1, 0.15) is 5.65 Å². The molecule has 0 aliphatic heterocycles. The second-order valence-electron chi connectivity index (χ2n) is 10.7. The van der Waals surface area contributed by atoms with Crippen LogP contribution >= 0.6 is 22.6 Å². The number of hydrogen-bond donors (Lipinski definition) is 0. The maximum atomic E-state index is 4.85. The highest BCUT2D eigenvalue weighted by Gasteiger charge is 2.24. The van der Waals surface area contributed by atoms with Crippen LogP contribution in [0.3, 0.4) is 0 Å². The lowest BCUT2D eigenvalue weighted by Gasteiger charge is -2.26. The molecule has 5 aromatic carbocycles. The maximum Gasteiger partial charge on any atom is 0.145 e. The van der Waals surface area contributed by atoms with Gasteiger partial charge in [0.2, 0.25) is 0 Å². The van der Waals surface area contributed by atoms with Crippen LogP contribution in [0.5, 0.6) is 0 Å². The van der Waals surface area contributed by atoms with Crippen LogP contribution in [0.15, 0.2) is 115 Å². The van der Waals surface area contributed by atoms with Crippen molar-refractivity contribution in [3.63, 3.8) is 0 Å². The molecule has 0 N–H and O–H groups in total. The van der Waals surface area contributed by atoms with E-state index in [0.29, 0.717) is 0 Å². The van der Waals surface area contributed by atoms with Gasteiger partial charge in [-0.1, -0.05) is 60.7 Å². The Kier molecular flexibility index (Phi) is 5.73. The Balaban J connectivity index is 1.44. The molecular weight excluding hydrogens is 599 g/mol. The monoisotopic (exact) mass is 626 g/mol. The molecule has 2 aromatic heterocycles. The first-order chi connectivity index (χ1) is 19.8. The summed E-state index contributed by atoms with van der Waals surface area (Å²) in [5.41, 5.74) is 11.9. The average Bonchev–Trinajstić information content (AvgIpc) is 3.34. The summed E-state index contributed by atoms with van der Waals surface area (Å²) >= 11 is 2.37. The zero-order valence-electron chi connectivity index (χ0n) is 22.1. The Morgan fingerprint density at radius 1 is 0.575 bits per heavy atom. The summed E-state index contributed by atoms with van der Waals surface area (Å²) in [5.74, 6) is 0. The number of aromatic nitrogens is 2. The number of benzene rings is 5. The van der Waals surface area contributed by atoms with Crippen LogP contribution in [-0.4, -0.2) is 9.55 Å². The summed E-state index contributed by atoms with van der Waals surface area (Å²) in [4.78, 5) is 4.85. The Morgan fingerprint density at radius 2 is 1.23 bits per heavy atom. The number of nitrogens with zero attached hydrogens (tertiary/aromatic N) is 2. The van der Waals surface area contributed by atoms with E-state index in [1.807, 2.05) is 6.20 Å². The fourth-order valence-corrected chi connectivity index (χ4v) is 7.18. The molecule has 1 aliphatic carbocycles. The van der Waals surface area contributed by atoms with Gasteiger partial charge in [-0.2, -0.15) is 0 Å². The number of pyridine rings is 1. The zero-order valence-corrected chi connectivity index (χ0v) is 24.2. The Bertz CT molecular complexity index is 2050. The van der Waals surface area contributed by atoms with Crippen molar-refractivity contribution in [3.8, 4) is 27.9 Å². The molecule has 2 nitrogen and oxygen atoms in total. The molecule has 0 bridgehead atoms. The topological polar surface area (TPSA) is 17.8 Å². The van der Waals surface area contributed by atoms with Crippen LogP contribution in [0.2, 0.25) is 0 Å². The first-order valence-electron chi connectivity index (χ1n) is 14.1. The number of halogens is 1. The molecule has 8 rings (SSSR count). The van der Waals surface area contributed by atoms with Gasteiger partial charge in [0.05, 0.1) is 5.52 Å². The first-order valence-corrected chi connectivity index (χ1v) is 15.1. The highest BCUT2D eigenvalue weighted by molar-refractivity contribution is 14.1. The third-order valence-corrected chi connectivity index (χ3v) is 9.22. The zero-order chi connectivity index (χ0) is 26.6. The molecule has 7 aromatic rings. The van der Waals surface area contributed by atoms with E-state index in [2.05, 4.69) is 136 Å². The van der Waals surface area contributed by atoms with Gasteiger partial charge in [-0.05, 0) is 141 Å². The SMILES string of the molecule is Ic1ccc(-n2c3ccc(-c4c5c(c(-c6ccccc6)c6ccccc46)CCCC5)cc3c3cccnc32)cc1. The van der Waals surface area contributed by atoms with Gasteiger partial charge in [-0.15, -0.1) is 0 Å². The summed E-state index contributed by atoms with van der Waals surface area (Å²) in [6, 6.07) is 40.1. The van der Waals surface area contributed by atoms with Crippen LogP contribution in [0.1, 0.15) is 24.0 Å². The quantitative estimate of drug-likeness (QED) is 0.179. The van der Waals surface area contributed by atoms with E-state index in [1.165, 1.54) is 76.9 Å². The first kappa shape index (κ1) is 23.9. The highest BCUT2D eigenvalue weighted by Crippen LogP contribution is 2.45. The van der Waals surface area contributed by atoms with Crippen molar-refractivity contribution in [3.05, 3.63) is 130 Å². The Labute approximate surface area is 247 Å². The summed E-state index contributed by atoms with van der Waals surface area (Å²) in [6.45, 7) is 0. The highest BCUT2D eigenvalue weighted by atomic mass is 127. The van der Waals surface area contributed by atoms with Crippen molar-refractivity contribution in [2.75, 3.05) is 0 Å².